The lowest BCUT2D eigenvalue weighted by Crippen LogP contribution is -2.63. The van der Waals surface area contributed by atoms with Gasteiger partial charge >= 0.3 is 5.97 Å². The predicted octanol–water partition coefficient (Wildman–Crippen LogP) is 9.77. The highest BCUT2D eigenvalue weighted by molar-refractivity contribution is 6.77. The van der Waals surface area contributed by atoms with Crippen LogP contribution in [0.4, 0.5) is 0 Å². The summed E-state index contributed by atoms with van der Waals surface area (Å²) in [6, 6.07) is 6.18. The fraction of sp³-hybridized carbons (Fsp3) is 0.919. The lowest BCUT2D eigenvalue weighted by Gasteiger charge is -2.53. The summed E-state index contributed by atoms with van der Waals surface area (Å²) in [4.78, 5) is 13.3. The third kappa shape index (κ3) is 8.76. The molecule has 2 aliphatic heterocycles. The zero-order chi connectivity index (χ0) is 36.0. The molecular formula is C37H74O7Si3. The van der Waals surface area contributed by atoms with Crippen LogP contribution in [-0.2, 0) is 27.5 Å². The molecule has 276 valence electrons. The summed E-state index contributed by atoms with van der Waals surface area (Å²) >= 11 is 0. The molecule has 1 fully saturated rings. The topological polar surface area (TPSA) is 83.5 Å². The molecule has 0 spiro atoms. The number of carbonyl (C=O) groups excluding carboxylic acids is 1. The van der Waals surface area contributed by atoms with Gasteiger partial charge < -0.3 is 27.9 Å². The zero-order valence-electron chi connectivity index (χ0n) is 33.1. The largest absolute Gasteiger partial charge is 0.467 e. The summed E-state index contributed by atoms with van der Waals surface area (Å²) in [5, 5.41) is 12.0. The molecule has 2 bridgehead atoms. The van der Waals surface area contributed by atoms with E-state index in [-0.39, 0.29) is 24.5 Å². The van der Waals surface area contributed by atoms with Crippen molar-refractivity contribution in [2.24, 2.45) is 5.92 Å². The third-order valence-corrected chi connectivity index (χ3v) is 28.2. The van der Waals surface area contributed by atoms with Crippen molar-refractivity contribution in [3.8, 4) is 0 Å². The summed E-state index contributed by atoms with van der Waals surface area (Å²) in [6.07, 6.45) is 2.10. The van der Waals surface area contributed by atoms with E-state index in [2.05, 4.69) is 96.9 Å². The van der Waals surface area contributed by atoms with Crippen molar-refractivity contribution < 1.29 is 32.7 Å². The van der Waals surface area contributed by atoms with Crippen LogP contribution in [0, 0.1) is 5.92 Å². The molecule has 0 amide bonds. The van der Waals surface area contributed by atoms with E-state index in [0.29, 0.717) is 36.1 Å². The molecule has 2 rings (SSSR count). The van der Waals surface area contributed by atoms with Crippen molar-refractivity contribution in [1.82, 2.24) is 0 Å². The molecule has 0 radical (unpaired) electrons. The predicted molar refractivity (Wildman–Crippen MR) is 202 cm³/mol. The first-order valence-electron chi connectivity index (χ1n) is 19.1. The van der Waals surface area contributed by atoms with Gasteiger partial charge in [0.2, 0.25) is 0 Å². The van der Waals surface area contributed by atoms with Crippen LogP contribution < -0.4 is 0 Å². The van der Waals surface area contributed by atoms with Gasteiger partial charge in [0, 0.05) is 18.9 Å². The Morgan fingerprint density at radius 1 is 0.894 bits per heavy atom. The van der Waals surface area contributed by atoms with Gasteiger partial charge in [-0.15, -0.1) is 0 Å². The van der Waals surface area contributed by atoms with Gasteiger partial charge in [0.25, 0.3) is 0 Å². The second kappa shape index (κ2) is 17.3. The normalized spacial score (nSPS) is 29.4. The van der Waals surface area contributed by atoms with Gasteiger partial charge in [-0.05, 0) is 78.2 Å². The number of methoxy groups -OCH3 is 1. The van der Waals surface area contributed by atoms with Crippen LogP contribution in [0.25, 0.3) is 0 Å². The Kier molecular flexibility index (Phi) is 15.7. The highest BCUT2D eigenvalue weighted by Crippen LogP contribution is 2.47. The van der Waals surface area contributed by atoms with E-state index in [1.54, 1.807) is 0 Å². The third-order valence-electron chi connectivity index (χ3n) is 12.7. The number of hydrogen-bond acceptors (Lipinski definition) is 7. The van der Waals surface area contributed by atoms with Gasteiger partial charge in [-0.25, -0.2) is 4.79 Å². The Balaban J connectivity index is 2.85. The molecule has 0 aromatic heterocycles. The summed E-state index contributed by atoms with van der Waals surface area (Å²) < 4.78 is 34.2. The molecule has 0 aliphatic carbocycles. The van der Waals surface area contributed by atoms with E-state index in [4.69, 9.17) is 22.8 Å². The summed E-state index contributed by atoms with van der Waals surface area (Å²) in [5.74, 6) is -0.662. The van der Waals surface area contributed by atoms with Crippen LogP contribution in [0.5, 0.6) is 0 Å². The van der Waals surface area contributed by atoms with Gasteiger partial charge in [0.15, 0.2) is 30.6 Å². The maximum atomic E-state index is 13.3. The second-order valence-electron chi connectivity index (χ2n) is 15.9. The molecule has 47 heavy (non-hydrogen) atoms. The van der Waals surface area contributed by atoms with E-state index in [1.807, 2.05) is 6.08 Å². The summed E-state index contributed by atoms with van der Waals surface area (Å²) in [7, 11) is -5.00. The van der Waals surface area contributed by atoms with Crippen LogP contribution in [0.15, 0.2) is 11.6 Å². The Labute approximate surface area is 292 Å². The smallest absolute Gasteiger partial charge is 0.340 e. The van der Waals surface area contributed by atoms with Crippen molar-refractivity contribution in [3.05, 3.63) is 11.6 Å². The first-order chi connectivity index (χ1) is 21.9. The highest BCUT2D eigenvalue weighted by atomic mass is 28.4. The van der Waals surface area contributed by atoms with Crippen molar-refractivity contribution in [2.45, 2.75) is 199 Å². The van der Waals surface area contributed by atoms with E-state index in [0.717, 1.165) is 41.8 Å². The molecule has 6 atom stereocenters. The molecule has 2 heterocycles. The lowest BCUT2D eigenvalue weighted by atomic mass is 9.75. The van der Waals surface area contributed by atoms with Gasteiger partial charge in [-0.1, -0.05) is 96.1 Å². The maximum Gasteiger partial charge on any atom is 0.340 e. The molecule has 1 saturated heterocycles. The van der Waals surface area contributed by atoms with Crippen molar-refractivity contribution in [1.29, 1.82) is 0 Å². The Morgan fingerprint density at radius 2 is 1.38 bits per heavy atom. The van der Waals surface area contributed by atoms with Crippen LogP contribution in [0.1, 0.15) is 116 Å². The standard InChI is InChI=1S/C37H74O7Si3/c1-16-45(17-2,18-3)43-32-25-36(14,44-46(19-4,20-5)21-6)33-22-23-37(39,35(38)40-15)34(42-33)24-31(32)30(13)26-41-47(27(7)8,28(9)10)29(11)12/h24,27-30,32-34,39H,16-23,25-26H2,1-15H3/b31-24-/t30-,32+,33-,34-,36-,37+/m1/s1. The molecule has 0 saturated carbocycles. The SMILES string of the molecule is CC[Si](CC)(CC)O[C@H]1C[C@@](C)(O[Si](CC)(CC)CC)[C@H]2CC[C@@](O)(C(=O)OC)[C@@H](/C=C\1[C@H](C)CO[Si](C(C)C)(C(C)C)C(C)C)O2. The average molecular weight is 715 g/mol. The molecule has 1 N–H and O–H groups in total. The van der Waals surface area contributed by atoms with E-state index in [9.17, 15) is 9.90 Å². The van der Waals surface area contributed by atoms with Gasteiger partial charge in [0.05, 0.1) is 24.9 Å². The summed E-state index contributed by atoms with van der Waals surface area (Å²) in [6.45, 7) is 32.6. The highest BCUT2D eigenvalue weighted by Gasteiger charge is 2.57. The molecule has 10 heteroatoms. The minimum atomic E-state index is -2.15. The zero-order valence-corrected chi connectivity index (χ0v) is 36.1. The van der Waals surface area contributed by atoms with E-state index in [1.165, 1.54) is 7.11 Å². The lowest BCUT2D eigenvalue weighted by molar-refractivity contribution is -0.219. The minimum absolute atomic E-state index is 0.0147. The first-order valence-corrected chi connectivity index (χ1v) is 26.3. The van der Waals surface area contributed by atoms with E-state index < -0.39 is 48.2 Å². The number of hydrogen-bond donors (Lipinski definition) is 1. The first kappa shape index (κ1) is 42.8. The second-order valence-corrected chi connectivity index (χ2v) is 30.8. The molecule has 0 unspecified atom stereocenters. The number of fused-ring (bicyclic) bond motifs is 2. The Morgan fingerprint density at radius 3 is 1.81 bits per heavy atom. The van der Waals surface area contributed by atoms with Crippen molar-refractivity contribution >= 4 is 30.9 Å². The fourth-order valence-corrected chi connectivity index (χ4v) is 20.6. The molecule has 7 nitrogen and oxygen atoms in total. The van der Waals surface area contributed by atoms with Crippen LogP contribution >= 0.6 is 0 Å². The van der Waals surface area contributed by atoms with Crippen molar-refractivity contribution in [3.63, 3.8) is 0 Å². The fourth-order valence-electron chi connectivity index (χ4n) is 9.10. The van der Waals surface area contributed by atoms with Gasteiger partial charge in [-0.2, -0.15) is 0 Å². The number of ether oxygens (including phenoxy) is 2. The van der Waals surface area contributed by atoms with Crippen molar-refractivity contribution in [2.75, 3.05) is 13.7 Å². The van der Waals surface area contributed by atoms with E-state index >= 15 is 0 Å². The molecular weight excluding hydrogens is 641 g/mol. The number of carbonyl (C=O) groups is 1. The summed E-state index contributed by atoms with van der Waals surface area (Å²) in [5.41, 5.74) is 0.0358. The molecule has 0 aromatic rings. The maximum absolute atomic E-state index is 13.3. The Bertz CT molecular complexity index is 987. The Hall–Kier alpha value is -0.339. The van der Waals surface area contributed by atoms with Crippen LogP contribution in [0.3, 0.4) is 0 Å². The molecule has 0 aromatic carbocycles. The van der Waals surface area contributed by atoms with Crippen LogP contribution in [0.2, 0.25) is 52.9 Å². The quantitative estimate of drug-likeness (QED) is 0.0860. The molecule has 2 aliphatic rings. The number of rotatable bonds is 18. The average Bonchev–Trinajstić information content (AvgIpc) is 3.04. The minimum Gasteiger partial charge on any atom is -0.467 e. The number of esters is 1. The monoisotopic (exact) mass is 714 g/mol. The van der Waals surface area contributed by atoms with Gasteiger partial charge in [-0.3, -0.25) is 0 Å². The van der Waals surface area contributed by atoms with Crippen LogP contribution in [-0.4, -0.2) is 79.3 Å². The number of aliphatic hydroxyl groups is 1. The van der Waals surface area contributed by atoms with Gasteiger partial charge in [0.1, 0.15) is 6.10 Å².